The largest absolute Gasteiger partial charge is 0.464 e. The molecule has 1 atom stereocenters. The molecule has 0 aliphatic carbocycles. The van der Waals surface area contributed by atoms with Crippen LogP contribution in [0.4, 0.5) is 0 Å². The fourth-order valence-corrected chi connectivity index (χ4v) is 2.53. The van der Waals surface area contributed by atoms with Crippen LogP contribution >= 0.6 is 0 Å². The molecule has 110 valence electrons. The van der Waals surface area contributed by atoms with Crippen LogP contribution < -0.4 is 0 Å². The third-order valence-electron chi connectivity index (χ3n) is 3.65. The first-order valence-corrected chi connectivity index (χ1v) is 7.00. The van der Waals surface area contributed by atoms with Crippen molar-refractivity contribution in [2.24, 2.45) is 5.92 Å². The number of hydrogen-bond donors (Lipinski definition) is 0. The molecular formula is C14H21N3O3. The van der Waals surface area contributed by atoms with Gasteiger partial charge in [0.1, 0.15) is 0 Å². The zero-order valence-electron chi connectivity index (χ0n) is 12.3. The third-order valence-corrected chi connectivity index (χ3v) is 3.65. The van der Waals surface area contributed by atoms with Crippen molar-refractivity contribution < 1.29 is 14.3 Å². The third kappa shape index (κ3) is 2.84. The molecular weight excluding hydrogens is 258 g/mol. The number of carbonyl (C=O) groups excluding carboxylic acids is 2. The number of hydrogen-bond acceptors (Lipinski definition) is 4. The number of nitrogens with zero attached hydrogens (tertiary/aromatic N) is 3. The number of fused-ring (bicyclic) bond motifs is 1. The van der Waals surface area contributed by atoms with E-state index in [-0.39, 0.29) is 11.8 Å². The summed E-state index contributed by atoms with van der Waals surface area (Å²) in [4.78, 5) is 25.6. The molecule has 20 heavy (non-hydrogen) atoms. The van der Waals surface area contributed by atoms with Gasteiger partial charge in [-0.05, 0) is 12.5 Å². The second-order valence-electron chi connectivity index (χ2n) is 5.19. The van der Waals surface area contributed by atoms with E-state index in [2.05, 4.69) is 16.8 Å². The zero-order chi connectivity index (χ0) is 14.7. The Kier molecular flexibility index (Phi) is 4.42. The standard InChI is InChI=1S/C14H21N3O3/c1-4-5-10(2)13(18)16-6-7-17-11(9-16)8-12(15-17)14(19)20-3/h8,10H,4-7,9H2,1-3H3/t10-/m0/s1. The van der Waals surface area contributed by atoms with E-state index >= 15 is 0 Å². The number of carbonyl (C=O) groups is 2. The molecule has 1 amide bonds. The fourth-order valence-electron chi connectivity index (χ4n) is 2.53. The predicted octanol–water partition coefficient (Wildman–Crippen LogP) is 1.45. The Hall–Kier alpha value is -1.85. The zero-order valence-corrected chi connectivity index (χ0v) is 12.3. The van der Waals surface area contributed by atoms with Gasteiger partial charge in [-0.15, -0.1) is 0 Å². The molecule has 0 spiro atoms. The molecule has 6 nitrogen and oxygen atoms in total. The molecule has 0 fully saturated rings. The van der Waals surface area contributed by atoms with Crippen LogP contribution in [0.1, 0.15) is 42.9 Å². The van der Waals surface area contributed by atoms with Crippen LogP contribution in [0.15, 0.2) is 6.07 Å². The minimum absolute atomic E-state index is 0.0505. The highest BCUT2D eigenvalue weighted by molar-refractivity contribution is 5.87. The molecule has 1 aliphatic heterocycles. The van der Waals surface area contributed by atoms with Crippen molar-refractivity contribution in [2.75, 3.05) is 13.7 Å². The van der Waals surface area contributed by atoms with Gasteiger partial charge in [0.15, 0.2) is 5.69 Å². The lowest BCUT2D eigenvalue weighted by Crippen LogP contribution is -2.41. The van der Waals surface area contributed by atoms with E-state index in [1.807, 2.05) is 11.8 Å². The molecule has 0 unspecified atom stereocenters. The smallest absolute Gasteiger partial charge is 0.358 e. The van der Waals surface area contributed by atoms with Crippen LogP contribution in [0, 0.1) is 5.92 Å². The Morgan fingerprint density at radius 1 is 1.45 bits per heavy atom. The van der Waals surface area contributed by atoms with E-state index < -0.39 is 5.97 Å². The van der Waals surface area contributed by atoms with Gasteiger partial charge in [0, 0.05) is 12.5 Å². The van der Waals surface area contributed by atoms with Gasteiger partial charge in [-0.1, -0.05) is 20.3 Å². The summed E-state index contributed by atoms with van der Waals surface area (Å²) >= 11 is 0. The lowest BCUT2D eigenvalue weighted by atomic mass is 10.0. The Bertz CT molecular complexity index is 510. The van der Waals surface area contributed by atoms with Crippen LogP contribution in [0.5, 0.6) is 0 Å². The summed E-state index contributed by atoms with van der Waals surface area (Å²) in [6.07, 6.45) is 1.91. The normalized spacial score (nSPS) is 15.7. The summed E-state index contributed by atoms with van der Waals surface area (Å²) < 4.78 is 6.44. The second-order valence-corrected chi connectivity index (χ2v) is 5.19. The number of aromatic nitrogens is 2. The molecule has 1 aromatic rings. The molecule has 1 aromatic heterocycles. The summed E-state index contributed by atoms with van der Waals surface area (Å²) in [5.74, 6) is -0.211. The molecule has 2 rings (SSSR count). The van der Waals surface area contributed by atoms with Crippen LogP contribution in [0.2, 0.25) is 0 Å². The topological polar surface area (TPSA) is 64.4 Å². The number of methoxy groups -OCH3 is 1. The van der Waals surface area contributed by atoms with Crippen molar-refractivity contribution >= 4 is 11.9 Å². The Labute approximate surface area is 118 Å². The Morgan fingerprint density at radius 3 is 2.85 bits per heavy atom. The molecule has 0 bridgehead atoms. The van der Waals surface area contributed by atoms with Gasteiger partial charge < -0.3 is 9.64 Å². The number of ether oxygens (including phenoxy) is 1. The first-order valence-electron chi connectivity index (χ1n) is 7.00. The molecule has 0 saturated carbocycles. The van der Waals surface area contributed by atoms with Crippen molar-refractivity contribution in [1.29, 1.82) is 0 Å². The predicted molar refractivity (Wildman–Crippen MR) is 73.1 cm³/mol. The molecule has 2 heterocycles. The number of esters is 1. The maximum atomic E-state index is 12.3. The van der Waals surface area contributed by atoms with Crippen LogP contribution in [-0.2, 0) is 22.6 Å². The summed E-state index contributed by atoms with van der Waals surface area (Å²) in [6, 6.07) is 1.70. The van der Waals surface area contributed by atoms with E-state index in [0.717, 1.165) is 18.5 Å². The van der Waals surface area contributed by atoms with Crippen LogP contribution in [0.3, 0.4) is 0 Å². The quantitative estimate of drug-likeness (QED) is 0.782. The highest BCUT2D eigenvalue weighted by atomic mass is 16.5. The van der Waals surface area contributed by atoms with E-state index in [4.69, 9.17) is 0 Å². The van der Waals surface area contributed by atoms with Gasteiger partial charge in [0.2, 0.25) is 5.91 Å². The van der Waals surface area contributed by atoms with Crippen LogP contribution in [0.25, 0.3) is 0 Å². The van der Waals surface area contributed by atoms with Gasteiger partial charge in [-0.25, -0.2) is 4.79 Å². The highest BCUT2D eigenvalue weighted by Gasteiger charge is 2.26. The monoisotopic (exact) mass is 279 g/mol. The number of rotatable bonds is 4. The molecule has 0 N–H and O–H groups in total. The average Bonchev–Trinajstić information content (AvgIpc) is 2.88. The first kappa shape index (κ1) is 14.6. The summed E-state index contributed by atoms with van der Waals surface area (Å²) in [5, 5.41) is 4.20. The lowest BCUT2D eigenvalue weighted by Gasteiger charge is -2.29. The van der Waals surface area contributed by atoms with Gasteiger partial charge >= 0.3 is 5.97 Å². The van der Waals surface area contributed by atoms with Gasteiger partial charge in [0.05, 0.1) is 25.9 Å². The van der Waals surface area contributed by atoms with E-state index in [9.17, 15) is 9.59 Å². The SMILES string of the molecule is CCC[C@H](C)C(=O)N1CCn2nc(C(=O)OC)cc2C1. The fraction of sp³-hybridized carbons (Fsp3) is 0.643. The average molecular weight is 279 g/mol. The van der Waals surface area contributed by atoms with Crippen molar-refractivity contribution in [3.05, 3.63) is 17.5 Å². The van der Waals surface area contributed by atoms with Crippen molar-refractivity contribution in [3.63, 3.8) is 0 Å². The minimum atomic E-state index is -0.441. The maximum Gasteiger partial charge on any atom is 0.358 e. The van der Waals surface area contributed by atoms with Crippen molar-refractivity contribution in [1.82, 2.24) is 14.7 Å². The van der Waals surface area contributed by atoms with Gasteiger partial charge in [0.25, 0.3) is 0 Å². The van der Waals surface area contributed by atoms with Gasteiger partial charge in [-0.2, -0.15) is 5.10 Å². The maximum absolute atomic E-state index is 12.3. The molecule has 6 heteroatoms. The van der Waals surface area contributed by atoms with Crippen molar-refractivity contribution in [2.45, 2.75) is 39.8 Å². The molecule has 0 aromatic carbocycles. The van der Waals surface area contributed by atoms with E-state index in [0.29, 0.717) is 25.3 Å². The summed E-state index contributed by atoms with van der Waals surface area (Å²) in [7, 11) is 1.34. The Morgan fingerprint density at radius 2 is 2.20 bits per heavy atom. The summed E-state index contributed by atoms with van der Waals surface area (Å²) in [6.45, 7) is 5.82. The highest BCUT2D eigenvalue weighted by Crippen LogP contribution is 2.18. The lowest BCUT2D eigenvalue weighted by molar-refractivity contribution is -0.136. The molecule has 1 aliphatic rings. The minimum Gasteiger partial charge on any atom is -0.464 e. The van der Waals surface area contributed by atoms with E-state index in [1.165, 1.54) is 7.11 Å². The van der Waals surface area contributed by atoms with E-state index in [1.54, 1.807) is 10.7 Å². The second kappa shape index (κ2) is 6.07. The van der Waals surface area contributed by atoms with Crippen molar-refractivity contribution in [3.8, 4) is 0 Å². The summed E-state index contributed by atoms with van der Waals surface area (Å²) in [5.41, 5.74) is 1.19. The van der Waals surface area contributed by atoms with Gasteiger partial charge in [-0.3, -0.25) is 9.48 Å². The molecule has 0 saturated heterocycles. The first-order chi connectivity index (χ1) is 9.56. The molecule has 0 radical (unpaired) electrons. The van der Waals surface area contributed by atoms with Crippen LogP contribution in [-0.4, -0.2) is 40.2 Å². The Balaban J connectivity index is 2.09. The number of amides is 1.